The number of nitro groups is 1. The van der Waals surface area contributed by atoms with Gasteiger partial charge >= 0.3 is 0 Å². The van der Waals surface area contributed by atoms with E-state index >= 15 is 0 Å². The molecule has 0 fully saturated rings. The molecule has 0 amide bonds. The van der Waals surface area contributed by atoms with E-state index in [1.807, 2.05) is 0 Å². The van der Waals surface area contributed by atoms with E-state index in [1.165, 1.54) is 12.1 Å². The minimum absolute atomic E-state index is 0.0389. The van der Waals surface area contributed by atoms with Gasteiger partial charge in [-0.1, -0.05) is 12.1 Å². The molecule has 0 saturated carbocycles. The quantitative estimate of drug-likeness (QED) is 0.695. The van der Waals surface area contributed by atoms with Gasteiger partial charge in [-0.15, -0.1) is 0 Å². The number of nitrogens with two attached hydrogens (primary N) is 1. The molecule has 0 radical (unpaired) electrons. The lowest BCUT2D eigenvalue weighted by Crippen LogP contribution is -2.13. The van der Waals surface area contributed by atoms with Crippen molar-refractivity contribution < 1.29 is 13.7 Å². The van der Waals surface area contributed by atoms with Crippen LogP contribution < -0.4 is 5.73 Å². The Labute approximate surface area is 120 Å². The van der Waals surface area contributed by atoms with Gasteiger partial charge in [-0.25, -0.2) is 8.78 Å². The summed E-state index contributed by atoms with van der Waals surface area (Å²) in [6.07, 6.45) is 0. The Morgan fingerprint density at radius 3 is 2.33 bits per heavy atom. The molecule has 0 heterocycles. The molecule has 2 aromatic rings. The molecule has 0 saturated heterocycles. The summed E-state index contributed by atoms with van der Waals surface area (Å²) in [5, 5.41) is 11.0. The Kier molecular flexibility index (Phi) is 3.99. The molecule has 4 nitrogen and oxygen atoms in total. The highest BCUT2D eigenvalue weighted by Gasteiger charge is 2.19. The zero-order valence-electron chi connectivity index (χ0n) is 11.6. The third-order valence-electron chi connectivity index (χ3n) is 3.52. The van der Waals surface area contributed by atoms with Gasteiger partial charge in [0.1, 0.15) is 0 Å². The molecule has 110 valence electrons. The monoisotopic (exact) mass is 292 g/mol. The molecule has 0 aliphatic rings. The topological polar surface area (TPSA) is 69.2 Å². The predicted molar refractivity (Wildman–Crippen MR) is 75.0 cm³/mol. The van der Waals surface area contributed by atoms with E-state index in [2.05, 4.69) is 0 Å². The first-order valence-electron chi connectivity index (χ1n) is 6.27. The molecule has 2 rings (SSSR count). The van der Waals surface area contributed by atoms with Gasteiger partial charge in [0, 0.05) is 11.6 Å². The van der Waals surface area contributed by atoms with Crippen molar-refractivity contribution in [3.05, 3.63) is 74.3 Å². The fourth-order valence-corrected chi connectivity index (χ4v) is 2.14. The molecule has 0 aliphatic carbocycles. The number of benzene rings is 2. The maximum absolute atomic E-state index is 13.3. The molecule has 0 bridgehead atoms. The van der Waals surface area contributed by atoms with Gasteiger partial charge in [0.15, 0.2) is 11.6 Å². The number of hydrogen-bond donors (Lipinski definition) is 1. The van der Waals surface area contributed by atoms with Crippen molar-refractivity contribution in [1.29, 1.82) is 0 Å². The van der Waals surface area contributed by atoms with Crippen LogP contribution in [-0.4, -0.2) is 4.92 Å². The van der Waals surface area contributed by atoms with Gasteiger partial charge in [-0.2, -0.15) is 0 Å². The largest absolute Gasteiger partial charge is 0.320 e. The third kappa shape index (κ3) is 2.90. The maximum Gasteiger partial charge on any atom is 0.272 e. The molecule has 0 spiro atoms. The number of rotatable bonds is 3. The average Bonchev–Trinajstić information content (AvgIpc) is 2.43. The normalized spacial score (nSPS) is 12.2. The summed E-state index contributed by atoms with van der Waals surface area (Å²) in [4.78, 5) is 10.6. The van der Waals surface area contributed by atoms with Gasteiger partial charge < -0.3 is 5.73 Å². The van der Waals surface area contributed by atoms with Gasteiger partial charge in [0.05, 0.1) is 11.0 Å². The van der Waals surface area contributed by atoms with Crippen molar-refractivity contribution >= 4 is 5.69 Å². The minimum atomic E-state index is -0.999. The fourth-order valence-electron chi connectivity index (χ4n) is 2.14. The van der Waals surface area contributed by atoms with Crippen LogP contribution in [0.5, 0.6) is 0 Å². The Bertz CT molecular complexity index is 717. The summed E-state index contributed by atoms with van der Waals surface area (Å²) in [7, 11) is 0. The van der Waals surface area contributed by atoms with Crippen molar-refractivity contribution in [3.8, 4) is 0 Å². The molecular formula is C15H14F2N2O2. The number of aryl methyl sites for hydroxylation is 1. The van der Waals surface area contributed by atoms with Gasteiger partial charge in [0.2, 0.25) is 0 Å². The van der Waals surface area contributed by atoms with E-state index in [4.69, 9.17) is 5.73 Å². The van der Waals surface area contributed by atoms with Crippen LogP contribution >= 0.6 is 0 Å². The van der Waals surface area contributed by atoms with Crippen molar-refractivity contribution in [2.45, 2.75) is 19.9 Å². The predicted octanol–water partition coefficient (Wildman–Crippen LogP) is 3.54. The first kappa shape index (κ1) is 15.1. The van der Waals surface area contributed by atoms with Crippen LogP contribution in [0.3, 0.4) is 0 Å². The van der Waals surface area contributed by atoms with E-state index in [0.29, 0.717) is 16.7 Å². The molecule has 0 aliphatic heterocycles. The first-order chi connectivity index (χ1) is 9.81. The molecule has 1 atom stereocenters. The van der Waals surface area contributed by atoms with Crippen LogP contribution in [0.25, 0.3) is 0 Å². The first-order valence-corrected chi connectivity index (χ1v) is 6.27. The summed E-state index contributed by atoms with van der Waals surface area (Å²) < 4.78 is 26.2. The molecule has 21 heavy (non-hydrogen) atoms. The van der Waals surface area contributed by atoms with Crippen LogP contribution in [0.1, 0.15) is 28.3 Å². The van der Waals surface area contributed by atoms with Gasteiger partial charge in [-0.3, -0.25) is 10.1 Å². The highest BCUT2D eigenvalue weighted by molar-refractivity contribution is 5.49. The Morgan fingerprint density at radius 2 is 1.76 bits per heavy atom. The molecule has 1 unspecified atom stereocenters. The van der Waals surface area contributed by atoms with Crippen molar-refractivity contribution in [3.63, 3.8) is 0 Å². The number of hydrogen-bond acceptors (Lipinski definition) is 3. The Balaban J connectivity index is 2.50. The standard InChI is InChI=1S/C15H14F2N2O2/c1-8-5-11(7-14(9(8)2)19(20)21)15(18)10-3-4-12(16)13(17)6-10/h3-7,15H,18H2,1-2H3. The Hall–Kier alpha value is -2.34. The molecule has 2 N–H and O–H groups in total. The van der Waals surface area contributed by atoms with Crippen LogP contribution in [0.15, 0.2) is 30.3 Å². The smallest absolute Gasteiger partial charge is 0.272 e. The second-order valence-electron chi connectivity index (χ2n) is 4.89. The number of nitrogens with zero attached hydrogens (tertiary/aromatic N) is 1. The van der Waals surface area contributed by atoms with E-state index in [0.717, 1.165) is 17.7 Å². The lowest BCUT2D eigenvalue weighted by atomic mass is 9.95. The van der Waals surface area contributed by atoms with Gasteiger partial charge in [0.25, 0.3) is 5.69 Å². The molecule has 0 aromatic heterocycles. The average molecular weight is 292 g/mol. The van der Waals surface area contributed by atoms with E-state index in [9.17, 15) is 18.9 Å². The minimum Gasteiger partial charge on any atom is -0.320 e. The summed E-state index contributed by atoms with van der Waals surface area (Å²) in [5.74, 6) is -1.96. The van der Waals surface area contributed by atoms with Crippen LogP contribution in [0.2, 0.25) is 0 Å². The van der Waals surface area contributed by atoms with E-state index < -0.39 is 22.6 Å². The fraction of sp³-hybridized carbons (Fsp3) is 0.200. The highest BCUT2D eigenvalue weighted by Crippen LogP contribution is 2.29. The zero-order valence-corrected chi connectivity index (χ0v) is 11.6. The van der Waals surface area contributed by atoms with Gasteiger partial charge in [-0.05, 0) is 42.7 Å². The molecule has 6 heteroatoms. The molecule has 2 aromatic carbocycles. The van der Waals surface area contributed by atoms with Crippen LogP contribution in [0, 0.1) is 35.6 Å². The number of nitro benzene ring substituents is 1. The summed E-state index contributed by atoms with van der Waals surface area (Å²) in [6.45, 7) is 3.39. The second-order valence-corrected chi connectivity index (χ2v) is 4.89. The van der Waals surface area contributed by atoms with Crippen molar-refractivity contribution in [1.82, 2.24) is 0 Å². The lowest BCUT2D eigenvalue weighted by Gasteiger charge is -2.14. The summed E-state index contributed by atoms with van der Waals surface area (Å²) >= 11 is 0. The van der Waals surface area contributed by atoms with Crippen molar-refractivity contribution in [2.24, 2.45) is 5.73 Å². The lowest BCUT2D eigenvalue weighted by molar-refractivity contribution is -0.385. The third-order valence-corrected chi connectivity index (χ3v) is 3.52. The van der Waals surface area contributed by atoms with E-state index in [1.54, 1.807) is 19.9 Å². The van der Waals surface area contributed by atoms with Crippen molar-refractivity contribution in [2.75, 3.05) is 0 Å². The van der Waals surface area contributed by atoms with Crippen LogP contribution in [0.4, 0.5) is 14.5 Å². The maximum atomic E-state index is 13.3. The second kappa shape index (κ2) is 5.57. The summed E-state index contributed by atoms with van der Waals surface area (Å²) in [5.41, 5.74) is 8.08. The highest BCUT2D eigenvalue weighted by atomic mass is 19.2. The van der Waals surface area contributed by atoms with E-state index in [-0.39, 0.29) is 5.69 Å². The summed E-state index contributed by atoms with van der Waals surface area (Å²) in [6, 6.07) is 5.67. The Morgan fingerprint density at radius 1 is 1.10 bits per heavy atom. The van der Waals surface area contributed by atoms with Crippen LogP contribution in [-0.2, 0) is 0 Å². The SMILES string of the molecule is Cc1cc(C(N)c2ccc(F)c(F)c2)cc([N+](=O)[O-])c1C. The zero-order chi connectivity index (χ0) is 15.7. The molecular weight excluding hydrogens is 278 g/mol. The number of halogens is 2.